The maximum Gasteiger partial charge on any atom is 0.190 e. The predicted octanol–water partition coefficient (Wildman–Crippen LogP) is 3.76. The van der Waals surface area contributed by atoms with Crippen LogP contribution in [0.1, 0.15) is 27.7 Å². The fraction of sp³-hybridized carbons (Fsp3) is 0.750. The molecular formula is C12H23ClO2Si. The van der Waals surface area contributed by atoms with Gasteiger partial charge in [0, 0.05) is 0 Å². The van der Waals surface area contributed by atoms with Crippen LogP contribution in [0.4, 0.5) is 0 Å². The standard InChI is InChI=1S/C12H23ClO2Si/c1-8-9(2)11(14)12(4,10(3)13)15-16(5,6)7/h8,10H,1-7H3/b9-8+/t10-,12-/m0/s1. The Balaban J connectivity index is 5.21. The van der Waals surface area contributed by atoms with Crippen molar-refractivity contribution < 1.29 is 9.22 Å². The average Bonchev–Trinajstić information content (AvgIpc) is 2.12. The second-order valence-electron chi connectivity index (χ2n) is 5.24. The minimum Gasteiger partial charge on any atom is -0.404 e. The molecule has 0 aliphatic rings. The first-order valence-corrected chi connectivity index (χ1v) is 9.41. The van der Waals surface area contributed by atoms with Crippen molar-refractivity contribution in [2.45, 2.75) is 58.3 Å². The van der Waals surface area contributed by atoms with Gasteiger partial charge >= 0.3 is 0 Å². The van der Waals surface area contributed by atoms with E-state index in [9.17, 15) is 4.79 Å². The van der Waals surface area contributed by atoms with Crippen molar-refractivity contribution in [3.63, 3.8) is 0 Å². The summed E-state index contributed by atoms with van der Waals surface area (Å²) in [5.41, 5.74) is -0.212. The summed E-state index contributed by atoms with van der Waals surface area (Å²) >= 11 is 6.14. The summed E-state index contributed by atoms with van der Waals surface area (Å²) in [7, 11) is -1.81. The molecule has 0 rings (SSSR count). The van der Waals surface area contributed by atoms with E-state index in [-0.39, 0.29) is 11.2 Å². The van der Waals surface area contributed by atoms with E-state index in [0.29, 0.717) is 5.57 Å². The van der Waals surface area contributed by atoms with Crippen molar-refractivity contribution in [1.82, 2.24) is 0 Å². The van der Waals surface area contributed by atoms with Crippen LogP contribution in [0.3, 0.4) is 0 Å². The Morgan fingerprint density at radius 2 is 1.88 bits per heavy atom. The third-order valence-electron chi connectivity index (χ3n) is 2.52. The number of Topliss-reactive ketones (excluding diaryl/α,β-unsaturated/α-hetero) is 1. The number of halogens is 1. The monoisotopic (exact) mass is 262 g/mol. The van der Waals surface area contributed by atoms with Crippen LogP contribution in [0.15, 0.2) is 11.6 Å². The molecule has 0 unspecified atom stereocenters. The molecule has 4 heteroatoms. The molecule has 0 aromatic rings. The molecule has 0 fully saturated rings. The van der Waals surface area contributed by atoms with Crippen molar-refractivity contribution in [2.24, 2.45) is 0 Å². The molecule has 0 aliphatic carbocycles. The zero-order valence-corrected chi connectivity index (χ0v) is 13.1. The molecule has 0 saturated carbocycles. The molecule has 0 aromatic heterocycles. The molecule has 0 aromatic carbocycles. The first-order chi connectivity index (χ1) is 7.04. The van der Waals surface area contributed by atoms with Crippen molar-refractivity contribution >= 4 is 25.7 Å². The number of ketones is 1. The third-order valence-corrected chi connectivity index (χ3v) is 3.97. The molecule has 0 N–H and O–H groups in total. The van der Waals surface area contributed by atoms with Crippen LogP contribution in [-0.2, 0) is 9.22 Å². The highest BCUT2D eigenvalue weighted by Gasteiger charge is 2.42. The van der Waals surface area contributed by atoms with Crippen LogP contribution >= 0.6 is 11.6 Å². The van der Waals surface area contributed by atoms with Crippen LogP contribution in [0.2, 0.25) is 19.6 Å². The first-order valence-electron chi connectivity index (χ1n) is 5.56. The van der Waals surface area contributed by atoms with Gasteiger partial charge in [-0.2, -0.15) is 0 Å². The van der Waals surface area contributed by atoms with Gasteiger partial charge in [0.25, 0.3) is 0 Å². The molecule has 2 nitrogen and oxygen atoms in total. The quantitative estimate of drug-likeness (QED) is 0.428. The minimum absolute atomic E-state index is 0.0140. The van der Waals surface area contributed by atoms with Crippen molar-refractivity contribution in [3.05, 3.63) is 11.6 Å². The Kier molecular flexibility index (Phi) is 5.43. The van der Waals surface area contributed by atoms with Crippen molar-refractivity contribution in [1.29, 1.82) is 0 Å². The van der Waals surface area contributed by atoms with E-state index in [2.05, 4.69) is 19.6 Å². The average molecular weight is 263 g/mol. The van der Waals surface area contributed by atoms with Gasteiger partial charge in [-0.05, 0) is 52.9 Å². The lowest BCUT2D eigenvalue weighted by Crippen LogP contribution is -2.52. The van der Waals surface area contributed by atoms with Gasteiger partial charge in [0.2, 0.25) is 0 Å². The molecule has 0 aliphatic heterocycles. The van der Waals surface area contributed by atoms with Crippen LogP contribution in [0.25, 0.3) is 0 Å². The van der Waals surface area contributed by atoms with E-state index in [1.54, 1.807) is 19.9 Å². The van der Waals surface area contributed by atoms with Gasteiger partial charge in [0.15, 0.2) is 14.1 Å². The van der Waals surface area contributed by atoms with Gasteiger partial charge < -0.3 is 4.43 Å². The molecule has 16 heavy (non-hydrogen) atoms. The normalized spacial score (nSPS) is 19.1. The van der Waals surface area contributed by atoms with E-state index >= 15 is 0 Å². The third kappa shape index (κ3) is 4.04. The fourth-order valence-corrected chi connectivity index (χ4v) is 3.23. The van der Waals surface area contributed by atoms with Gasteiger partial charge in [-0.15, -0.1) is 11.6 Å². The Morgan fingerprint density at radius 1 is 1.44 bits per heavy atom. The summed E-state index contributed by atoms with van der Waals surface area (Å²) < 4.78 is 5.99. The summed E-state index contributed by atoms with van der Waals surface area (Å²) in [6.07, 6.45) is 1.80. The summed E-state index contributed by atoms with van der Waals surface area (Å²) in [6.45, 7) is 13.4. The summed E-state index contributed by atoms with van der Waals surface area (Å²) in [5.74, 6) is -0.0140. The number of alkyl halides is 1. The lowest BCUT2D eigenvalue weighted by Gasteiger charge is -2.37. The second-order valence-corrected chi connectivity index (χ2v) is 10.3. The smallest absolute Gasteiger partial charge is 0.190 e. The predicted molar refractivity (Wildman–Crippen MR) is 72.6 cm³/mol. The van der Waals surface area contributed by atoms with Crippen LogP contribution in [0.5, 0.6) is 0 Å². The number of rotatable bonds is 5. The Morgan fingerprint density at radius 3 is 2.12 bits per heavy atom. The summed E-state index contributed by atoms with van der Waals surface area (Å²) in [5, 5.41) is -0.346. The highest BCUT2D eigenvalue weighted by atomic mass is 35.5. The SMILES string of the molecule is C/C=C(\C)C(=O)[C@@](C)(O[Si](C)(C)C)[C@H](C)Cl. The number of allylic oxidation sites excluding steroid dienone is 1. The molecule has 0 heterocycles. The van der Waals surface area contributed by atoms with E-state index in [0.717, 1.165) is 0 Å². The number of hydrogen-bond acceptors (Lipinski definition) is 2. The van der Waals surface area contributed by atoms with Crippen molar-refractivity contribution in [2.75, 3.05) is 0 Å². The fourth-order valence-electron chi connectivity index (χ4n) is 1.47. The van der Waals surface area contributed by atoms with Gasteiger partial charge in [0.1, 0.15) is 5.60 Å². The van der Waals surface area contributed by atoms with E-state index < -0.39 is 13.9 Å². The summed E-state index contributed by atoms with van der Waals surface area (Å²) in [6, 6.07) is 0. The number of carbonyl (C=O) groups excluding carboxylic acids is 1. The highest BCUT2D eigenvalue weighted by molar-refractivity contribution is 6.70. The zero-order chi connectivity index (χ0) is 13.1. The van der Waals surface area contributed by atoms with Crippen molar-refractivity contribution in [3.8, 4) is 0 Å². The number of carbonyl (C=O) groups is 1. The molecule has 2 atom stereocenters. The zero-order valence-electron chi connectivity index (χ0n) is 11.3. The maximum absolute atomic E-state index is 12.3. The van der Waals surface area contributed by atoms with Gasteiger partial charge in [-0.25, -0.2) is 0 Å². The molecule has 0 saturated heterocycles. The lowest BCUT2D eigenvalue weighted by molar-refractivity contribution is -0.129. The van der Waals surface area contributed by atoms with Gasteiger partial charge in [-0.3, -0.25) is 4.79 Å². The Hall–Kier alpha value is -0.123. The molecule has 0 spiro atoms. The molecule has 0 bridgehead atoms. The largest absolute Gasteiger partial charge is 0.404 e. The second kappa shape index (κ2) is 5.47. The Bertz CT molecular complexity index is 292. The minimum atomic E-state index is -1.81. The van der Waals surface area contributed by atoms with Crippen LogP contribution in [-0.4, -0.2) is 25.1 Å². The van der Waals surface area contributed by atoms with Gasteiger partial charge in [0.05, 0.1) is 5.38 Å². The van der Waals surface area contributed by atoms with E-state index in [1.165, 1.54) is 0 Å². The molecular weight excluding hydrogens is 240 g/mol. The molecule has 0 amide bonds. The van der Waals surface area contributed by atoms with E-state index in [1.807, 2.05) is 13.8 Å². The number of hydrogen-bond donors (Lipinski definition) is 0. The maximum atomic E-state index is 12.3. The topological polar surface area (TPSA) is 26.3 Å². The lowest BCUT2D eigenvalue weighted by atomic mass is 9.92. The summed E-state index contributed by atoms with van der Waals surface area (Å²) in [4.78, 5) is 12.3. The molecule has 0 radical (unpaired) electrons. The van der Waals surface area contributed by atoms with E-state index in [4.69, 9.17) is 16.0 Å². The molecule has 94 valence electrons. The van der Waals surface area contributed by atoms with Crippen LogP contribution < -0.4 is 0 Å². The Labute approximate surface area is 105 Å². The first kappa shape index (κ1) is 15.9. The highest BCUT2D eigenvalue weighted by Crippen LogP contribution is 2.28. The van der Waals surface area contributed by atoms with Gasteiger partial charge in [-0.1, -0.05) is 6.08 Å². The van der Waals surface area contributed by atoms with Crippen LogP contribution in [0, 0.1) is 0 Å².